The molecule has 0 bridgehead atoms. The van der Waals surface area contributed by atoms with E-state index in [0.717, 1.165) is 4.47 Å². The van der Waals surface area contributed by atoms with Crippen molar-refractivity contribution in [2.45, 2.75) is 19.9 Å². The van der Waals surface area contributed by atoms with Gasteiger partial charge in [0.15, 0.2) is 0 Å². The van der Waals surface area contributed by atoms with Gasteiger partial charge in [0.2, 0.25) is 0 Å². The Balaban J connectivity index is 2.45. The Hall–Kier alpha value is -1.19. The Bertz CT molecular complexity index is 552. The number of benzene rings is 1. The highest BCUT2D eigenvalue weighted by Gasteiger charge is 2.14. The van der Waals surface area contributed by atoms with E-state index >= 15 is 0 Å². The zero-order valence-corrected chi connectivity index (χ0v) is 12.5. The summed E-state index contributed by atoms with van der Waals surface area (Å²) >= 11 is 3.47. The van der Waals surface area contributed by atoms with Crippen molar-refractivity contribution < 1.29 is 0 Å². The summed E-state index contributed by atoms with van der Waals surface area (Å²) in [6.07, 6.45) is 3.71. The molecule has 0 fully saturated rings. The molecule has 2 rings (SSSR count). The van der Waals surface area contributed by atoms with Gasteiger partial charge >= 0.3 is 0 Å². The predicted molar refractivity (Wildman–Crippen MR) is 78.8 cm³/mol. The van der Waals surface area contributed by atoms with Gasteiger partial charge in [-0.05, 0) is 59.6 Å². The van der Waals surface area contributed by atoms with Gasteiger partial charge in [-0.15, -0.1) is 0 Å². The SMILES string of the molecule is CNC(c1cncc(Br)c1)c1ccc(C)cc1C. The molecular formula is C15H17BrN2. The molecule has 0 aliphatic heterocycles. The third-order valence-electron chi connectivity index (χ3n) is 3.08. The third-order valence-corrected chi connectivity index (χ3v) is 3.52. The molecule has 0 aliphatic rings. The summed E-state index contributed by atoms with van der Waals surface area (Å²) in [6, 6.07) is 8.83. The van der Waals surface area contributed by atoms with Crippen LogP contribution in [0.5, 0.6) is 0 Å². The van der Waals surface area contributed by atoms with Crippen molar-refractivity contribution in [2.75, 3.05) is 7.05 Å². The second-order valence-corrected chi connectivity index (χ2v) is 5.43. The maximum atomic E-state index is 4.24. The minimum Gasteiger partial charge on any atom is -0.309 e. The third kappa shape index (κ3) is 2.79. The van der Waals surface area contributed by atoms with Crippen molar-refractivity contribution in [3.05, 3.63) is 63.4 Å². The van der Waals surface area contributed by atoms with Crippen LogP contribution in [0.3, 0.4) is 0 Å². The predicted octanol–water partition coefficient (Wildman–Crippen LogP) is 3.77. The van der Waals surface area contributed by atoms with E-state index in [9.17, 15) is 0 Å². The van der Waals surface area contributed by atoms with Crippen LogP contribution in [0.25, 0.3) is 0 Å². The van der Waals surface area contributed by atoms with Crippen LogP contribution in [0.4, 0.5) is 0 Å². The number of pyridine rings is 1. The van der Waals surface area contributed by atoms with E-state index in [1.54, 1.807) is 6.20 Å². The number of nitrogens with zero attached hydrogens (tertiary/aromatic N) is 1. The van der Waals surface area contributed by atoms with Crippen LogP contribution in [-0.2, 0) is 0 Å². The summed E-state index contributed by atoms with van der Waals surface area (Å²) in [7, 11) is 1.98. The zero-order chi connectivity index (χ0) is 13.1. The summed E-state index contributed by atoms with van der Waals surface area (Å²) in [6.45, 7) is 4.27. The van der Waals surface area contributed by atoms with E-state index in [4.69, 9.17) is 0 Å². The van der Waals surface area contributed by atoms with Crippen molar-refractivity contribution in [2.24, 2.45) is 0 Å². The molecule has 0 radical (unpaired) electrons. The molecule has 1 unspecified atom stereocenters. The monoisotopic (exact) mass is 304 g/mol. The van der Waals surface area contributed by atoms with Gasteiger partial charge in [0, 0.05) is 16.9 Å². The van der Waals surface area contributed by atoms with E-state index in [0.29, 0.717) is 0 Å². The van der Waals surface area contributed by atoms with Crippen LogP contribution >= 0.6 is 15.9 Å². The van der Waals surface area contributed by atoms with Gasteiger partial charge in [-0.3, -0.25) is 4.98 Å². The van der Waals surface area contributed by atoms with Gasteiger partial charge in [0.25, 0.3) is 0 Å². The molecule has 0 spiro atoms. The quantitative estimate of drug-likeness (QED) is 0.933. The van der Waals surface area contributed by atoms with E-state index in [1.807, 2.05) is 13.2 Å². The van der Waals surface area contributed by atoms with E-state index in [2.05, 4.69) is 64.3 Å². The number of rotatable bonds is 3. The normalized spacial score (nSPS) is 12.4. The molecule has 18 heavy (non-hydrogen) atoms. The summed E-state index contributed by atoms with van der Waals surface area (Å²) in [4.78, 5) is 4.24. The molecule has 0 saturated heterocycles. The molecule has 1 N–H and O–H groups in total. The first-order valence-corrected chi connectivity index (χ1v) is 6.76. The lowest BCUT2D eigenvalue weighted by Crippen LogP contribution is -2.19. The molecule has 2 aromatic rings. The van der Waals surface area contributed by atoms with Crippen molar-refractivity contribution in [3.8, 4) is 0 Å². The minimum absolute atomic E-state index is 0.176. The first-order valence-electron chi connectivity index (χ1n) is 5.96. The second-order valence-electron chi connectivity index (χ2n) is 4.52. The van der Waals surface area contributed by atoms with Crippen LogP contribution < -0.4 is 5.32 Å². The lowest BCUT2D eigenvalue weighted by atomic mass is 9.95. The largest absolute Gasteiger partial charge is 0.309 e. The molecule has 94 valence electrons. The highest BCUT2D eigenvalue weighted by atomic mass is 79.9. The molecule has 2 nitrogen and oxygen atoms in total. The van der Waals surface area contributed by atoms with Crippen LogP contribution in [0, 0.1) is 13.8 Å². The van der Waals surface area contributed by atoms with E-state index in [-0.39, 0.29) is 6.04 Å². The maximum absolute atomic E-state index is 4.24. The molecule has 1 aromatic carbocycles. The number of hydrogen-bond donors (Lipinski definition) is 1. The van der Waals surface area contributed by atoms with Crippen LogP contribution in [0.1, 0.15) is 28.3 Å². The number of aryl methyl sites for hydroxylation is 2. The summed E-state index contributed by atoms with van der Waals surface area (Å²) < 4.78 is 1.00. The zero-order valence-electron chi connectivity index (χ0n) is 10.9. The minimum atomic E-state index is 0.176. The molecule has 0 amide bonds. The molecule has 1 atom stereocenters. The Morgan fingerprint density at radius 1 is 1.17 bits per heavy atom. The topological polar surface area (TPSA) is 24.9 Å². The van der Waals surface area contributed by atoms with Crippen molar-refractivity contribution >= 4 is 15.9 Å². The van der Waals surface area contributed by atoms with Crippen LogP contribution in [-0.4, -0.2) is 12.0 Å². The average molecular weight is 305 g/mol. The molecule has 1 aromatic heterocycles. The van der Waals surface area contributed by atoms with Gasteiger partial charge in [-0.2, -0.15) is 0 Å². The summed E-state index contributed by atoms with van der Waals surface area (Å²) in [5.41, 5.74) is 5.05. The van der Waals surface area contributed by atoms with Crippen LogP contribution in [0.15, 0.2) is 41.1 Å². The number of aromatic nitrogens is 1. The van der Waals surface area contributed by atoms with Gasteiger partial charge in [-0.1, -0.05) is 23.8 Å². The van der Waals surface area contributed by atoms with Crippen molar-refractivity contribution in [1.29, 1.82) is 0 Å². The van der Waals surface area contributed by atoms with Gasteiger partial charge in [0.1, 0.15) is 0 Å². The highest BCUT2D eigenvalue weighted by Crippen LogP contribution is 2.26. The standard InChI is InChI=1S/C15H17BrN2/c1-10-4-5-14(11(2)6-10)15(17-3)12-7-13(16)9-18-8-12/h4-9,15,17H,1-3H3. The average Bonchev–Trinajstić information content (AvgIpc) is 2.33. The van der Waals surface area contributed by atoms with Gasteiger partial charge in [-0.25, -0.2) is 0 Å². The van der Waals surface area contributed by atoms with Crippen LogP contribution in [0.2, 0.25) is 0 Å². The van der Waals surface area contributed by atoms with E-state index < -0.39 is 0 Å². The molecular weight excluding hydrogens is 288 g/mol. The molecule has 1 heterocycles. The number of halogens is 1. The highest BCUT2D eigenvalue weighted by molar-refractivity contribution is 9.10. The summed E-state index contributed by atoms with van der Waals surface area (Å²) in [5.74, 6) is 0. The lowest BCUT2D eigenvalue weighted by molar-refractivity contribution is 0.684. The molecule has 0 aliphatic carbocycles. The maximum Gasteiger partial charge on any atom is 0.0592 e. The van der Waals surface area contributed by atoms with Crippen molar-refractivity contribution in [1.82, 2.24) is 10.3 Å². The fourth-order valence-electron chi connectivity index (χ4n) is 2.24. The fourth-order valence-corrected chi connectivity index (χ4v) is 2.62. The number of hydrogen-bond acceptors (Lipinski definition) is 2. The Morgan fingerprint density at radius 2 is 1.94 bits per heavy atom. The first kappa shape index (κ1) is 13.2. The van der Waals surface area contributed by atoms with Gasteiger partial charge < -0.3 is 5.32 Å². The second kappa shape index (κ2) is 5.63. The lowest BCUT2D eigenvalue weighted by Gasteiger charge is -2.19. The van der Waals surface area contributed by atoms with Gasteiger partial charge in [0.05, 0.1) is 6.04 Å². The Morgan fingerprint density at radius 3 is 2.56 bits per heavy atom. The van der Waals surface area contributed by atoms with Crippen molar-refractivity contribution in [3.63, 3.8) is 0 Å². The Labute approximate surface area is 117 Å². The number of nitrogens with one attached hydrogen (secondary N) is 1. The Kier molecular flexibility index (Phi) is 4.15. The van der Waals surface area contributed by atoms with E-state index in [1.165, 1.54) is 22.3 Å². The fraction of sp³-hybridized carbons (Fsp3) is 0.267. The molecule has 3 heteroatoms. The molecule has 0 saturated carbocycles. The smallest absolute Gasteiger partial charge is 0.0592 e. The first-order chi connectivity index (χ1) is 8.61. The summed E-state index contributed by atoms with van der Waals surface area (Å²) in [5, 5.41) is 3.36.